The quantitative estimate of drug-likeness (QED) is 0.666. The van der Waals surface area contributed by atoms with Crippen LogP contribution in [0.5, 0.6) is 0 Å². The molecule has 0 saturated carbocycles. The summed E-state index contributed by atoms with van der Waals surface area (Å²) in [6, 6.07) is 17.5. The molecule has 0 spiro atoms. The van der Waals surface area contributed by atoms with Crippen LogP contribution in [0.4, 0.5) is 0 Å². The highest BCUT2D eigenvalue weighted by Gasteiger charge is 2.17. The number of aromatic nitrogens is 3. The van der Waals surface area contributed by atoms with Crippen molar-refractivity contribution in [2.75, 3.05) is 0 Å². The molecule has 0 bridgehead atoms. The average molecular weight is 319 g/mol. The fourth-order valence-electron chi connectivity index (χ4n) is 2.81. The van der Waals surface area contributed by atoms with Crippen LogP contribution < -0.4 is 0 Å². The zero-order valence-electron chi connectivity index (χ0n) is 15.2. The minimum atomic E-state index is 0.228. The van der Waals surface area contributed by atoms with Gasteiger partial charge in [0.15, 0.2) is 0 Å². The first kappa shape index (κ1) is 16.4. The monoisotopic (exact) mass is 319 g/mol. The molecule has 3 rings (SSSR count). The van der Waals surface area contributed by atoms with E-state index < -0.39 is 0 Å². The van der Waals surface area contributed by atoms with Gasteiger partial charge in [0.05, 0.1) is 5.69 Å². The van der Waals surface area contributed by atoms with Crippen molar-refractivity contribution in [2.45, 2.75) is 39.5 Å². The molecular weight excluding hydrogens is 294 g/mol. The fourth-order valence-corrected chi connectivity index (χ4v) is 2.81. The molecule has 1 aromatic heterocycles. The lowest BCUT2D eigenvalue weighted by Gasteiger charge is -2.23. The van der Waals surface area contributed by atoms with E-state index in [2.05, 4.69) is 79.6 Å². The van der Waals surface area contributed by atoms with Gasteiger partial charge in [0.2, 0.25) is 0 Å². The van der Waals surface area contributed by atoms with Gasteiger partial charge < -0.3 is 0 Å². The summed E-state index contributed by atoms with van der Waals surface area (Å²) >= 11 is 0. The second kappa shape index (κ2) is 6.23. The molecule has 124 valence electrons. The highest BCUT2D eigenvalue weighted by Crippen LogP contribution is 2.30. The molecule has 0 atom stereocenters. The van der Waals surface area contributed by atoms with Crippen molar-refractivity contribution in [3.8, 4) is 22.4 Å². The minimum Gasteiger partial charge on any atom is -0.252 e. The highest BCUT2D eigenvalue weighted by molar-refractivity contribution is 5.69. The molecular formula is C21H25N3. The van der Waals surface area contributed by atoms with Gasteiger partial charge in [0, 0.05) is 12.6 Å². The van der Waals surface area contributed by atoms with E-state index >= 15 is 0 Å². The van der Waals surface area contributed by atoms with Gasteiger partial charge in [-0.25, -0.2) is 0 Å². The summed E-state index contributed by atoms with van der Waals surface area (Å²) in [6.45, 7) is 8.86. The Labute approximate surface area is 144 Å². The predicted octanol–water partition coefficient (Wildman–Crippen LogP) is 5.15. The van der Waals surface area contributed by atoms with E-state index in [0.717, 1.165) is 23.4 Å². The third kappa shape index (κ3) is 2.99. The Kier molecular flexibility index (Phi) is 4.27. The summed E-state index contributed by atoms with van der Waals surface area (Å²) in [5, 5.41) is 8.33. The molecule has 1 heterocycles. The van der Waals surface area contributed by atoms with Gasteiger partial charge in [-0.2, -0.15) is 0 Å². The third-order valence-corrected chi connectivity index (χ3v) is 5.15. The lowest BCUT2D eigenvalue weighted by molar-refractivity contribution is 0.506. The number of hydrogen-bond acceptors (Lipinski definition) is 2. The smallest absolute Gasteiger partial charge is 0.115 e. The maximum Gasteiger partial charge on any atom is 0.115 e. The van der Waals surface area contributed by atoms with Crippen LogP contribution in [0, 0.1) is 6.92 Å². The number of rotatable bonds is 4. The van der Waals surface area contributed by atoms with Crippen molar-refractivity contribution in [3.05, 3.63) is 59.8 Å². The van der Waals surface area contributed by atoms with Crippen molar-refractivity contribution >= 4 is 0 Å². The van der Waals surface area contributed by atoms with Crippen LogP contribution in [-0.2, 0) is 12.5 Å². The minimum absolute atomic E-state index is 0.228. The van der Waals surface area contributed by atoms with Crippen molar-refractivity contribution < 1.29 is 0 Å². The van der Waals surface area contributed by atoms with Crippen LogP contribution in [0.25, 0.3) is 22.4 Å². The zero-order chi connectivity index (χ0) is 17.3. The van der Waals surface area contributed by atoms with Gasteiger partial charge in [-0.3, -0.25) is 4.68 Å². The first-order valence-electron chi connectivity index (χ1n) is 8.50. The highest BCUT2D eigenvalue weighted by atomic mass is 15.4. The van der Waals surface area contributed by atoms with Gasteiger partial charge in [0.1, 0.15) is 5.69 Å². The molecule has 0 unspecified atom stereocenters. The number of hydrogen-bond donors (Lipinski definition) is 0. The maximum atomic E-state index is 4.25. The Morgan fingerprint density at radius 1 is 0.875 bits per heavy atom. The molecule has 0 N–H and O–H groups in total. The van der Waals surface area contributed by atoms with E-state index in [0.29, 0.717) is 0 Å². The van der Waals surface area contributed by atoms with E-state index in [1.54, 1.807) is 4.68 Å². The molecule has 0 amide bonds. The number of nitrogens with zero attached hydrogens (tertiary/aromatic N) is 3. The largest absolute Gasteiger partial charge is 0.252 e. The average Bonchev–Trinajstić information content (AvgIpc) is 2.94. The molecule has 3 aromatic rings. The summed E-state index contributed by atoms with van der Waals surface area (Å²) in [6.07, 6.45) is 1.14. The molecule has 0 radical (unpaired) electrons. The van der Waals surface area contributed by atoms with Gasteiger partial charge in [-0.15, -0.1) is 5.10 Å². The lowest BCUT2D eigenvalue weighted by Crippen LogP contribution is -2.14. The summed E-state index contributed by atoms with van der Waals surface area (Å²) in [4.78, 5) is 0. The molecule has 3 nitrogen and oxygen atoms in total. The van der Waals surface area contributed by atoms with E-state index in [1.165, 1.54) is 16.7 Å². The molecule has 3 heteroatoms. The number of benzene rings is 2. The summed E-state index contributed by atoms with van der Waals surface area (Å²) in [7, 11) is 1.92. The van der Waals surface area contributed by atoms with Crippen molar-refractivity contribution in [2.24, 2.45) is 7.05 Å². The van der Waals surface area contributed by atoms with E-state index in [9.17, 15) is 0 Å². The topological polar surface area (TPSA) is 30.7 Å². The molecule has 2 aromatic carbocycles. The molecule has 0 saturated heterocycles. The molecule has 0 aliphatic rings. The molecule has 0 aliphatic carbocycles. The molecule has 0 fully saturated rings. The molecule has 24 heavy (non-hydrogen) atoms. The van der Waals surface area contributed by atoms with Crippen molar-refractivity contribution in [1.82, 2.24) is 15.0 Å². The van der Waals surface area contributed by atoms with Crippen LogP contribution in [-0.4, -0.2) is 15.0 Å². The number of aryl methyl sites for hydroxylation is 1. The van der Waals surface area contributed by atoms with E-state index in [1.807, 2.05) is 14.0 Å². The van der Waals surface area contributed by atoms with Crippen LogP contribution >= 0.6 is 0 Å². The van der Waals surface area contributed by atoms with Gasteiger partial charge in [-0.1, -0.05) is 74.5 Å². The normalized spacial score (nSPS) is 11.7. The van der Waals surface area contributed by atoms with E-state index in [-0.39, 0.29) is 5.41 Å². The SMILES string of the molecule is CCC(C)(C)c1ccc(-c2ccc(-c3nnn(C)c3C)cc2)cc1. The second-order valence-electron chi connectivity index (χ2n) is 7.04. The van der Waals surface area contributed by atoms with Crippen LogP contribution in [0.1, 0.15) is 38.4 Å². The second-order valence-corrected chi connectivity index (χ2v) is 7.04. The zero-order valence-corrected chi connectivity index (χ0v) is 15.2. The van der Waals surface area contributed by atoms with Gasteiger partial charge in [-0.05, 0) is 35.4 Å². The Bertz CT molecular complexity index is 825. The Hall–Kier alpha value is -2.42. The molecule has 0 aliphatic heterocycles. The Morgan fingerprint density at radius 2 is 1.38 bits per heavy atom. The van der Waals surface area contributed by atoms with Gasteiger partial charge in [0.25, 0.3) is 0 Å². The van der Waals surface area contributed by atoms with Crippen molar-refractivity contribution in [1.29, 1.82) is 0 Å². The Morgan fingerprint density at radius 3 is 1.83 bits per heavy atom. The first-order valence-corrected chi connectivity index (χ1v) is 8.50. The third-order valence-electron chi connectivity index (χ3n) is 5.15. The van der Waals surface area contributed by atoms with Gasteiger partial charge >= 0.3 is 0 Å². The summed E-state index contributed by atoms with van der Waals surface area (Å²) < 4.78 is 1.80. The first-order chi connectivity index (χ1) is 11.4. The standard InChI is InChI=1S/C21H25N3/c1-6-21(3,4)19-13-11-17(12-14-19)16-7-9-18(10-8-16)20-15(2)24(5)23-22-20/h7-14H,6H2,1-5H3. The van der Waals surface area contributed by atoms with Crippen LogP contribution in [0.3, 0.4) is 0 Å². The van der Waals surface area contributed by atoms with Crippen molar-refractivity contribution in [3.63, 3.8) is 0 Å². The summed E-state index contributed by atoms with van der Waals surface area (Å²) in [5.41, 5.74) is 7.21. The predicted molar refractivity (Wildman–Crippen MR) is 99.9 cm³/mol. The summed E-state index contributed by atoms with van der Waals surface area (Å²) in [5.74, 6) is 0. The van der Waals surface area contributed by atoms with Crippen LogP contribution in [0.2, 0.25) is 0 Å². The lowest BCUT2D eigenvalue weighted by atomic mass is 9.82. The maximum absolute atomic E-state index is 4.25. The Balaban J connectivity index is 1.87. The van der Waals surface area contributed by atoms with E-state index in [4.69, 9.17) is 0 Å². The van der Waals surface area contributed by atoms with Crippen LogP contribution in [0.15, 0.2) is 48.5 Å². The fraction of sp³-hybridized carbons (Fsp3) is 0.333.